The van der Waals surface area contributed by atoms with Crippen LogP contribution in [0.3, 0.4) is 0 Å². The summed E-state index contributed by atoms with van der Waals surface area (Å²) in [5, 5.41) is 10.2. The third-order valence-electron chi connectivity index (χ3n) is 5.13. The number of rotatable bonds is 4. The standard InChI is InChI=1S/C15H26N2O2/c18-14(9-12-3-1-2-4-12)11-16-7-8-17-13(10-16)5-6-15(17)19/h12-14,18H,1-11H2. The Bertz CT molecular complexity index is 328. The molecule has 1 saturated carbocycles. The predicted octanol–water partition coefficient (Wildman–Crippen LogP) is 1.23. The number of hydrogen-bond donors (Lipinski definition) is 1. The number of nitrogens with zero attached hydrogens (tertiary/aromatic N) is 2. The minimum Gasteiger partial charge on any atom is -0.392 e. The maximum absolute atomic E-state index is 11.6. The summed E-state index contributed by atoms with van der Waals surface area (Å²) in [7, 11) is 0. The van der Waals surface area contributed by atoms with Crippen LogP contribution in [0, 0.1) is 5.92 Å². The highest BCUT2D eigenvalue weighted by molar-refractivity contribution is 5.78. The van der Waals surface area contributed by atoms with Crippen molar-refractivity contribution in [2.45, 2.75) is 57.1 Å². The monoisotopic (exact) mass is 266 g/mol. The summed E-state index contributed by atoms with van der Waals surface area (Å²) in [6, 6.07) is 0.417. The fraction of sp³-hybridized carbons (Fsp3) is 0.933. The van der Waals surface area contributed by atoms with Gasteiger partial charge in [-0.2, -0.15) is 0 Å². The van der Waals surface area contributed by atoms with Gasteiger partial charge in [-0.25, -0.2) is 0 Å². The highest BCUT2D eigenvalue weighted by Gasteiger charge is 2.35. The minimum absolute atomic E-state index is 0.174. The van der Waals surface area contributed by atoms with Gasteiger partial charge in [0.1, 0.15) is 0 Å². The van der Waals surface area contributed by atoms with E-state index in [2.05, 4.69) is 4.90 Å². The zero-order chi connectivity index (χ0) is 13.2. The average Bonchev–Trinajstić information content (AvgIpc) is 3.00. The Morgan fingerprint density at radius 2 is 2.00 bits per heavy atom. The first-order valence-corrected chi connectivity index (χ1v) is 7.92. The van der Waals surface area contributed by atoms with E-state index >= 15 is 0 Å². The van der Waals surface area contributed by atoms with Crippen molar-refractivity contribution in [1.29, 1.82) is 0 Å². The number of piperazine rings is 1. The van der Waals surface area contributed by atoms with E-state index in [4.69, 9.17) is 0 Å². The first-order chi connectivity index (χ1) is 9.22. The molecule has 0 aromatic heterocycles. The molecule has 0 radical (unpaired) electrons. The Kier molecular flexibility index (Phi) is 4.08. The van der Waals surface area contributed by atoms with Gasteiger partial charge in [-0.15, -0.1) is 0 Å². The van der Waals surface area contributed by atoms with Crippen LogP contribution in [0.1, 0.15) is 44.9 Å². The molecular weight excluding hydrogens is 240 g/mol. The van der Waals surface area contributed by atoms with Crippen molar-refractivity contribution >= 4 is 5.91 Å². The first-order valence-electron chi connectivity index (χ1n) is 7.92. The largest absolute Gasteiger partial charge is 0.392 e. The van der Waals surface area contributed by atoms with Gasteiger partial charge in [0, 0.05) is 38.6 Å². The van der Waals surface area contributed by atoms with Crippen LogP contribution in [-0.2, 0) is 4.79 Å². The van der Waals surface area contributed by atoms with E-state index in [1.165, 1.54) is 25.7 Å². The lowest BCUT2D eigenvalue weighted by Gasteiger charge is -2.38. The van der Waals surface area contributed by atoms with Gasteiger partial charge in [-0.05, 0) is 18.8 Å². The van der Waals surface area contributed by atoms with Gasteiger partial charge < -0.3 is 10.0 Å². The smallest absolute Gasteiger partial charge is 0.222 e. The third-order valence-corrected chi connectivity index (χ3v) is 5.13. The third kappa shape index (κ3) is 3.11. The summed E-state index contributed by atoms with van der Waals surface area (Å²) < 4.78 is 0. The Labute approximate surface area is 115 Å². The van der Waals surface area contributed by atoms with Gasteiger partial charge in [0.25, 0.3) is 0 Å². The molecule has 3 aliphatic rings. The number of carbonyl (C=O) groups is 1. The van der Waals surface area contributed by atoms with Gasteiger partial charge >= 0.3 is 0 Å². The van der Waals surface area contributed by atoms with Crippen LogP contribution in [-0.4, -0.2) is 59.1 Å². The summed E-state index contributed by atoms with van der Waals surface area (Å²) in [4.78, 5) is 16.0. The molecule has 0 bridgehead atoms. The Balaban J connectivity index is 1.44. The molecule has 4 nitrogen and oxygen atoms in total. The van der Waals surface area contributed by atoms with Gasteiger partial charge in [-0.1, -0.05) is 25.7 Å². The van der Waals surface area contributed by atoms with Crippen molar-refractivity contribution in [3.8, 4) is 0 Å². The number of fused-ring (bicyclic) bond motifs is 1. The molecule has 1 N–H and O–H groups in total. The molecule has 1 aliphatic carbocycles. The normalized spacial score (nSPS) is 30.9. The van der Waals surface area contributed by atoms with E-state index < -0.39 is 0 Å². The van der Waals surface area contributed by atoms with Crippen LogP contribution in [0.25, 0.3) is 0 Å². The van der Waals surface area contributed by atoms with Gasteiger partial charge in [0.05, 0.1) is 6.10 Å². The van der Waals surface area contributed by atoms with Crippen LogP contribution in [0.4, 0.5) is 0 Å². The highest BCUT2D eigenvalue weighted by Crippen LogP contribution is 2.29. The SMILES string of the molecule is O=C1CCC2CN(CC(O)CC3CCCC3)CCN12. The number of hydrogen-bond acceptors (Lipinski definition) is 3. The van der Waals surface area contributed by atoms with E-state index in [0.717, 1.165) is 51.4 Å². The number of aliphatic hydroxyl groups is 1. The fourth-order valence-electron chi connectivity index (χ4n) is 4.10. The second kappa shape index (κ2) is 5.80. The molecule has 0 spiro atoms. The lowest BCUT2D eigenvalue weighted by Crippen LogP contribution is -2.53. The summed E-state index contributed by atoms with van der Waals surface area (Å²) in [5.74, 6) is 1.08. The number of aliphatic hydroxyl groups excluding tert-OH is 1. The molecule has 0 aromatic rings. The summed E-state index contributed by atoms with van der Waals surface area (Å²) in [6.45, 7) is 3.56. The van der Waals surface area contributed by atoms with Crippen molar-refractivity contribution in [1.82, 2.24) is 9.80 Å². The molecule has 3 fully saturated rings. The van der Waals surface area contributed by atoms with Crippen LogP contribution < -0.4 is 0 Å². The van der Waals surface area contributed by atoms with Crippen molar-refractivity contribution in [3.05, 3.63) is 0 Å². The topological polar surface area (TPSA) is 43.8 Å². The first kappa shape index (κ1) is 13.4. The van der Waals surface area contributed by atoms with Gasteiger partial charge in [-0.3, -0.25) is 9.69 Å². The minimum atomic E-state index is -0.174. The number of amides is 1. The molecule has 0 aromatic carbocycles. The molecule has 2 unspecified atom stereocenters. The fourth-order valence-corrected chi connectivity index (χ4v) is 4.10. The number of carbonyl (C=O) groups excluding carboxylic acids is 1. The second-order valence-electron chi connectivity index (χ2n) is 6.58. The van der Waals surface area contributed by atoms with E-state index in [-0.39, 0.29) is 6.10 Å². The Hall–Kier alpha value is -0.610. The van der Waals surface area contributed by atoms with E-state index in [1.54, 1.807) is 0 Å². The summed E-state index contributed by atoms with van der Waals surface area (Å²) in [5.41, 5.74) is 0. The second-order valence-corrected chi connectivity index (χ2v) is 6.58. The predicted molar refractivity (Wildman–Crippen MR) is 73.8 cm³/mol. The van der Waals surface area contributed by atoms with Gasteiger partial charge in [0.2, 0.25) is 5.91 Å². The van der Waals surface area contributed by atoms with Crippen molar-refractivity contribution in [2.24, 2.45) is 5.92 Å². The van der Waals surface area contributed by atoms with Crippen LogP contribution >= 0.6 is 0 Å². The maximum atomic E-state index is 11.6. The van der Waals surface area contributed by atoms with Crippen LogP contribution in [0.2, 0.25) is 0 Å². The lowest BCUT2D eigenvalue weighted by atomic mass is 9.99. The van der Waals surface area contributed by atoms with E-state index in [1.807, 2.05) is 4.90 Å². The zero-order valence-electron chi connectivity index (χ0n) is 11.8. The summed E-state index contributed by atoms with van der Waals surface area (Å²) in [6.07, 6.45) is 7.84. The molecular formula is C15H26N2O2. The molecule has 2 saturated heterocycles. The average molecular weight is 266 g/mol. The van der Waals surface area contributed by atoms with Crippen molar-refractivity contribution in [2.75, 3.05) is 26.2 Å². The molecule has 1 amide bonds. The molecule has 2 atom stereocenters. The Morgan fingerprint density at radius 3 is 2.79 bits per heavy atom. The van der Waals surface area contributed by atoms with E-state index in [0.29, 0.717) is 11.9 Å². The van der Waals surface area contributed by atoms with Crippen LogP contribution in [0.15, 0.2) is 0 Å². The molecule has 108 valence electrons. The van der Waals surface area contributed by atoms with Crippen LogP contribution in [0.5, 0.6) is 0 Å². The maximum Gasteiger partial charge on any atom is 0.222 e. The zero-order valence-corrected chi connectivity index (χ0v) is 11.8. The van der Waals surface area contributed by atoms with Crippen molar-refractivity contribution < 1.29 is 9.90 Å². The Morgan fingerprint density at radius 1 is 1.21 bits per heavy atom. The van der Waals surface area contributed by atoms with Gasteiger partial charge in [0.15, 0.2) is 0 Å². The van der Waals surface area contributed by atoms with Crippen molar-refractivity contribution in [3.63, 3.8) is 0 Å². The lowest BCUT2D eigenvalue weighted by molar-refractivity contribution is -0.130. The molecule has 2 aliphatic heterocycles. The molecule has 3 rings (SSSR count). The molecule has 19 heavy (non-hydrogen) atoms. The highest BCUT2D eigenvalue weighted by atomic mass is 16.3. The quantitative estimate of drug-likeness (QED) is 0.832. The number of β-amino-alcohol motifs (C(OH)–C–C–N with tert-alkyl or cyclic N) is 1. The summed E-state index contributed by atoms with van der Waals surface area (Å²) >= 11 is 0. The molecule has 4 heteroatoms. The van der Waals surface area contributed by atoms with E-state index in [9.17, 15) is 9.90 Å². The molecule has 2 heterocycles.